The molecule has 2 aromatic heterocycles. The quantitative estimate of drug-likeness (QED) is 0.0851. The van der Waals surface area contributed by atoms with Crippen LogP contribution in [0.5, 0.6) is 0 Å². The number of hydrogen-bond acceptors (Lipinski definition) is 2. The van der Waals surface area contributed by atoms with Gasteiger partial charge in [-0.25, -0.2) is 0 Å². The molecule has 0 fully saturated rings. The molecule has 4 nitrogen and oxygen atoms in total. The van der Waals surface area contributed by atoms with Gasteiger partial charge in [-0.05, 0) is 243 Å². The third-order valence-electron chi connectivity index (χ3n) is 29.2. The molecule has 2 aliphatic rings. The molecule has 4 heteroatoms. The summed E-state index contributed by atoms with van der Waals surface area (Å²) < 4.78 is 4.74. The summed E-state index contributed by atoms with van der Waals surface area (Å²) in [6, 6.07) is 200. The summed E-state index contributed by atoms with van der Waals surface area (Å²) in [4.78, 5) is 4.92. The van der Waals surface area contributed by atoms with Crippen molar-refractivity contribution in [2.45, 2.75) is 24.7 Å². The van der Waals surface area contributed by atoms with Crippen LogP contribution in [0.2, 0.25) is 0 Å². The van der Waals surface area contributed by atoms with Gasteiger partial charge in [0.15, 0.2) is 0 Å². The molecule has 0 N–H and O–H groups in total. The highest BCUT2D eigenvalue weighted by Crippen LogP contribution is 2.59. The second kappa shape index (κ2) is 35.4. The van der Waals surface area contributed by atoms with Crippen molar-refractivity contribution in [3.05, 3.63) is 579 Å². The van der Waals surface area contributed by atoms with Gasteiger partial charge in [-0.1, -0.05) is 451 Å². The lowest BCUT2D eigenvalue weighted by atomic mass is 9.67. The van der Waals surface area contributed by atoms with Gasteiger partial charge < -0.3 is 18.9 Å². The maximum atomic E-state index is 2.47. The predicted molar refractivity (Wildman–Crippen MR) is 589 cm³/mol. The summed E-state index contributed by atoms with van der Waals surface area (Å²) in [6.07, 6.45) is 0. The molecule has 660 valence electrons. The van der Waals surface area contributed by atoms with Gasteiger partial charge >= 0.3 is 0 Å². The first-order valence-electron chi connectivity index (χ1n) is 48.5. The fourth-order valence-electron chi connectivity index (χ4n) is 22.5. The maximum absolute atomic E-state index is 2.47. The summed E-state index contributed by atoms with van der Waals surface area (Å²) >= 11 is 0. The molecule has 2 heterocycles. The van der Waals surface area contributed by atoms with Crippen LogP contribution >= 0.6 is 0 Å². The standard InChI is InChI=1S/C73H50N2.C63H46N2/c1-4-20-55(21-5-1)61-26-10-11-27-62(61)65-29-13-17-33-70(65)74(60-48-49-64-63-28-12-16-32-68(63)73(69(64)50-60,56-22-6-2-7-23-56)57-24-8-3-9-25-57)58-44-40-53(41-45-58)51-36-38-52(39-37-51)54-42-46-59(47-43-54)75-71-34-18-14-30-66(71)67-31-15-19-35-72(67)75;1-63(2)58-24-12-8-20-53(58)54-41-40-50(42-59(54)63)64(60-25-13-9-21-55(60)52-19-7-6-18-51(52)47-16-4-3-5-17-47)48-36-32-45(33-37-48)43-28-30-44(31-29-43)46-34-38-49(39-35-46)65-61-26-14-10-22-56(61)57-23-11-15-27-62(57)65/h1-50H;3-42H,1-2H3. The summed E-state index contributed by atoms with van der Waals surface area (Å²) in [6.45, 7) is 4.72. The maximum Gasteiger partial charge on any atom is 0.0714 e. The van der Waals surface area contributed by atoms with Gasteiger partial charge in [0.2, 0.25) is 0 Å². The van der Waals surface area contributed by atoms with Crippen molar-refractivity contribution in [2.75, 3.05) is 9.80 Å². The van der Waals surface area contributed by atoms with E-state index in [4.69, 9.17) is 0 Å². The molecule has 0 spiro atoms. The van der Waals surface area contributed by atoms with E-state index in [-0.39, 0.29) is 5.41 Å². The number of para-hydroxylation sites is 6. The molecule has 2 aliphatic carbocycles. The first-order valence-corrected chi connectivity index (χ1v) is 48.5. The molecule has 0 aliphatic heterocycles. The molecular weight excluding hydrogens is 1690 g/mol. The Kier molecular flexibility index (Phi) is 21.2. The van der Waals surface area contributed by atoms with Crippen LogP contribution in [-0.2, 0) is 10.8 Å². The van der Waals surface area contributed by atoms with Crippen LogP contribution in [-0.4, -0.2) is 9.13 Å². The van der Waals surface area contributed by atoms with Gasteiger partial charge in [0.05, 0.1) is 38.9 Å². The van der Waals surface area contributed by atoms with Crippen molar-refractivity contribution in [3.63, 3.8) is 0 Å². The predicted octanol–water partition coefficient (Wildman–Crippen LogP) is 36.5. The fraction of sp³-hybridized carbons (Fsp3) is 0.0294. The van der Waals surface area contributed by atoms with E-state index < -0.39 is 5.41 Å². The number of nitrogens with zero attached hydrogens (tertiary/aromatic N) is 4. The number of benzene rings is 22. The second-order valence-electron chi connectivity index (χ2n) is 37.3. The Hall–Kier alpha value is -18.0. The molecule has 0 radical (unpaired) electrons. The van der Waals surface area contributed by atoms with Gasteiger partial charge in [-0.3, -0.25) is 0 Å². The summed E-state index contributed by atoms with van der Waals surface area (Å²) in [7, 11) is 0. The molecule has 0 saturated carbocycles. The lowest BCUT2D eigenvalue weighted by Gasteiger charge is -2.35. The average Bonchev–Trinajstić information content (AvgIpc) is 1.53. The average molecular weight is 1790 g/mol. The van der Waals surface area contributed by atoms with Crippen LogP contribution in [0.15, 0.2) is 546 Å². The third kappa shape index (κ3) is 14.5. The zero-order valence-electron chi connectivity index (χ0n) is 77.8. The second-order valence-corrected chi connectivity index (χ2v) is 37.3. The summed E-state index contributed by atoms with van der Waals surface area (Å²) in [5.41, 5.74) is 45.0. The van der Waals surface area contributed by atoms with E-state index in [9.17, 15) is 0 Å². The van der Waals surface area contributed by atoms with Crippen LogP contribution < -0.4 is 9.80 Å². The van der Waals surface area contributed by atoms with Crippen molar-refractivity contribution in [2.24, 2.45) is 0 Å². The topological polar surface area (TPSA) is 16.3 Å². The Balaban J connectivity index is 0.000000149. The monoisotopic (exact) mass is 1780 g/mol. The van der Waals surface area contributed by atoms with E-state index in [0.717, 1.165) is 56.6 Å². The SMILES string of the molecule is CC1(C)c2ccccc2-c2ccc(N(c3ccc(-c4ccc(-c5ccc(-n6c7ccccc7c7ccccc76)cc5)cc4)cc3)c3ccccc3-c3ccccc3-c3ccccc3)cc21.c1ccc(-c2ccccc2-c2ccccc2N(c2ccc(-c3ccc(-c4ccc(-n5c6ccccc6c6ccccc65)cc4)cc3)cc2)c2ccc3c(c2)C(c2ccccc2)(c2ccccc2)c2ccccc2-3)cc1. The Bertz CT molecular complexity index is 8610. The zero-order valence-corrected chi connectivity index (χ0v) is 77.8. The number of rotatable bonds is 18. The van der Waals surface area contributed by atoms with Crippen molar-refractivity contribution < 1.29 is 0 Å². The van der Waals surface area contributed by atoms with Crippen molar-refractivity contribution in [1.29, 1.82) is 0 Å². The molecule has 140 heavy (non-hydrogen) atoms. The van der Waals surface area contributed by atoms with Crippen LogP contribution in [0.1, 0.15) is 47.2 Å². The minimum Gasteiger partial charge on any atom is -0.310 e. The smallest absolute Gasteiger partial charge is 0.0714 e. The van der Waals surface area contributed by atoms with Crippen molar-refractivity contribution in [1.82, 2.24) is 9.13 Å². The van der Waals surface area contributed by atoms with E-state index in [1.165, 1.54) is 177 Å². The molecule has 0 saturated heterocycles. The minimum absolute atomic E-state index is 0.128. The van der Waals surface area contributed by atoms with Crippen LogP contribution in [0.4, 0.5) is 34.1 Å². The molecule has 24 aromatic rings. The minimum atomic E-state index is -0.542. The normalized spacial score (nSPS) is 12.5. The molecule has 0 amide bonds. The largest absolute Gasteiger partial charge is 0.310 e. The lowest BCUT2D eigenvalue weighted by molar-refractivity contribution is 0.660. The van der Waals surface area contributed by atoms with Gasteiger partial charge in [-0.15, -0.1) is 0 Å². The van der Waals surface area contributed by atoms with Crippen molar-refractivity contribution >= 4 is 77.7 Å². The van der Waals surface area contributed by atoms with Gasteiger partial charge in [0, 0.05) is 72.2 Å². The summed E-state index contributed by atoms with van der Waals surface area (Å²) in [5, 5.41) is 5.09. The van der Waals surface area contributed by atoms with Crippen molar-refractivity contribution in [3.8, 4) is 123 Å². The Morgan fingerprint density at radius 2 is 0.414 bits per heavy atom. The number of fused-ring (bicyclic) bond motifs is 12. The van der Waals surface area contributed by atoms with Gasteiger partial charge in [0.25, 0.3) is 0 Å². The lowest BCUT2D eigenvalue weighted by Crippen LogP contribution is -2.28. The van der Waals surface area contributed by atoms with E-state index in [2.05, 4.69) is 579 Å². The molecule has 0 bridgehead atoms. The highest BCUT2D eigenvalue weighted by atomic mass is 15.2. The Morgan fingerprint density at radius 1 is 0.164 bits per heavy atom. The van der Waals surface area contributed by atoms with Crippen LogP contribution in [0.25, 0.3) is 166 Å². The van der Waals surface area contributed by atoms with Gasteiger partial charge in [-0.2, -0.15) is 0 Å². The molecule has 0 atom stereocenters. The van der Waals surface area contributed by atoms with E-state index >= 15 is 0 Å². The van der Waals surface area contributed by atoms with E-state index in [1.807, 2.05) is 0 Å². The van der Waals surface area contributed by atoms with Gasteiger partial charge in [0.1, 0.15) is 0 Å². The highest BCUT2D eigenvalue weighted by Gasteiger charge is 2.47. The first kappa shape index (κ1) is 83.8. The molecule has 22 aromatic carbocycles. The van der Waals surface area contributed by atoms with E-state index in [1.54, 1.807) is 0 Å². The number of anilines is 6. The van der Waals surface area contributed by atoms with Crippen LogP contribution in [0, 0.1) is 0 Å². The van der Waals surface area contributed by atoms with E-state index in [0.29, 0.717) is 0 Å². The third-order valence-corrected chi connectivity index (χ3v) is 29.2. The first-order chi connectivity index (χ1) is 69.2. The number of hydrogen-bond donors (Lipinski definition) is 0. The molecule has 0 unspecified atom stereocenters. The molecule has 26 rings (SSSR count). The molecular formula is C136H96N4. The van der Waals surface area contributed by atoms with Crippen LogP contribution in [0.3, 0.4) is 0 Å². The zero-order chi connectivity index (χ0) is 93.2. The Labute approximate surface area is 817 Å². The summed E-state index contributed by atoms with van der Waals surface area (Å²) in [5.74, 6) is 0. The fourth-order valence-corrected chi connectivity index (χ4v) is 22.5. The number of aromatic nitrogens is 2. The highest BCUT2D eigenvalue weighted by molar-refractivity contribution is 6.11. The Morgan fingerprint density at radius 3 is 0.786 bits per heavy atom.